The number of halogens is 1. The number of aryl methyl sites for hydroxylation is 1. The SMILES string of the molecule is CCOC1CC(NC(=O)c2cc(Cl)nc(CC)c2)C1(C)C. The third-order valence-electron chi connectivity index (χ3n) is 4.32. The molecule has 2 atom stereocenters. The largest absolute Gasteiger partial charge is 0.378 e. The summed E-state index contributed by atoms with van der Waals surface area (Å²) in [6.45, 7) is 8.93. The van der Waals surface area contributed by atoms with Crippen molar-refractivity contribution >= 4 is 17.5 Å². The molecule has 1 saturated carbocycles. The number of nitrogens with one attached hydrogen (secondary N) is 1. The number of rotatable bonds is 5. The Morgan fingerprint density at radius 3 is 2.76 bits per heavy atom. The van der Waals surface area contributed by atoms with Crippen molar-refractivity contribution in [1.29, 1.82) is 0 Å². The van der Waals surface area contributed by atoms with Crippen LogP contribution in [0.3, 0.4) is 0 Å². The first-order valence-corrected chi connectivity index (χ1v) is 7.85. The number of pyridine rings is 1. The molecule has 1 N–H and O–H groups in total. The lowest BCUT2D eigenvalue weighted by molar-refractivity contribution is -0.111. The van der Waals surface area contributed by atoms with Crippen LogP contribution in [0.1, 0.15) is 50.2 Å². The smallest absolute Gasteiger partial charge is 0.251 e. The van der Waals surface area contributed by atoms with E-state index in [1.54, 1.807) is 12.1 Å². The summed E-state index contributed by atoms with van der Waals surface area (Å²) in [5, 5.41) is 3.45. The molecule has 116 valence electrons. The maximum atomic E-state index is 12.4. The molecule has 1 amide bonds. The number of hydrogen-bond acceptors (Lipinski definition) is 3. The first kappa shape index (κ1) is 16.2. The number of ether oxygens (including phenoxy) is 1. The van der Waals surface area contributed by atoms with Crippen molar-refractivity contribution in [3.63, 3.8) is 0 Å². The van der Waals surface area contributed by atoms with Crippen LogP contribution >= 0.6 is 11.6 Å². The van der Waals surface area contributed by atoms with E-state index >= 15 is 0 Å². The van der Waals surface area contributed by atoms with Gasteiger partial charge in [-0.05, 0) is 31.9 Å². The van der Waals surface area contributed by atoms with Gasteiger partial charge in [0.05, 0.1) is 6.10 Å². The van der Waals surface area contributed by atoms with Crippen LogP contribution in [-0.2, 0) is 11.2 Å². The first-order chi connectivity index (χ1) is 9.88. The average molecular weight is 311 g/mol. The van der Waals surface area contributed by atoms with Gasteiger partial charge in [-0.25, -0.2) is 4.98 Å². The van der Waals surface area contributed by atoms with Gasteiger partial charge in [0.15, 0.2) is 0 Å². The lowest BCUT2D eigenvalue weighted by Crippen LogP contribution is -2.62. The second-order valence-electron chi connectivity index (χ2n) is 6.05. The van der Waals surface area contributed by atoms with Crippen molar-refractivity contribution < 1.29 is 9.53 Å². The van der Waals surface area contributed by atoms with Gasteiger partial charge in [-0.15, -0.1) is 0 Å². The number of carbonyl (C=O) groups is 1. The fraction of sp³-hybridized carbons (Fsp3) is 0.625. The molecule has 0 aliphatic heterocycles. The summed E-state index contributed by atoms with van der Waals surface area (Å²) in [5.41, 5.74) is 1.35. The molecule has 1 aliphatic rings. The highest BCUT2D eigenvalue weighted by Gasteiger charge is 2.49. The van der Waals surface area contributed by atoms with E-state index in [1.165, 1.54) is 0 Å². The van der Waals surface area contributed by atoms with Gasteiger partial charge in [-0.1, -0.05) is 32.4 Å². The molecular formula is C16H23ClN2O2. The number of amides is 1. The highest BCUT2D eigenvalue weighted by atomic mass is 35.5. The monoisotopic (exact) mass is 310 g/mol. The van der Waals surface area contributed by atoms with Crippen LogP contribution < -0.4 is 5.32 Å². The Hall–Kier alpha value is -1.13. The normalized spacial score (nSPS) is 23.5. The van der Waals surface area contributed by atoms with Crippen LogP contribution in [0.5, 0.6) is 0 Å². The second kappa shape index (κ2) is 6.32. The molecule has 4 nitrogen and oxygen atoms in total. The highest BCUT2D eigenvalue weighted by molar-refractivity contribution is 6.29. The highest BCUT2D eigenvalue weighted by Crippen LogP contribution is 2.42. The summed E-state index contributed by atoms with van der Waals surface area (Å²) in [7, 11) is 0. The van der Waals surface area contributed by atoms with Crippen molar-refractivity contribution in [1.82, 2.24) is 10.3 Å². The Bertz CT molecular complexity index is 531. The minimum atomic E-state index is -0.0953. The zero-order valence-electron chi connectivity index (χ0n) is 13.1. The third-order valence-corrected chi connectivity index (χ3v) is 4.52. The molecule has 1 fully saturated rings. The molecule has 0 bridgehead atoms. The lowest BCUT2D eigenvalue weighted by Gasteiger charge is -2.51. The van der Waals surface area contributed by atoms with Crippen molar-refractivity contribution in [3.05, 3.63) is 28.5 Å². The van der Waals surface area contributed by atoms with Gasteiger partial charge in [0, 0.05) is 29.3 Å². The van der Waals surface area contributed by atoms with Crippen molar-refractivity contribution in [3.8, 4) is 0 Å². The van der Waals surface area contributed by atoms with Gasteiger partial charge in [-0.2, -0.15) is 0 Å². The van der Waals surface area contributed by atoms with E-state index in [1.807, 2.05) is 13.8 Å². The molecule has 0 radical (unpaired) electrons. The predicted molar refractivity (Wildman–Crippen MR) is 83.7 cm³/mol. The number of carbonyl (C=O) groups excluding carboxylic acids is 1. The summed E-state index contributed by atoms with van der Waals surface area (Å²) >= 11 is 5.97. The summed E-state index contributed by atoms with van der Waals surface area (Å²) in [6, 6.07) is 3.54. The summed E-state index contributed by atoms with van der Waals surface area (Å²) in [4.78, 5) is 16.6. The Labute approximate surface area is 131 Å². The molecule has 1 aromatic rings. The van der Waals surface area contributed by atoms with Crippen molar-refractivity contribution in [2.45, 2.75) is 52.7 Å². The molecule has 0 aromatic carbocycles. The van der Waals surface area contributed by atoms with Crippen molar-refractivity contribution in [2.75, 3.05) is 6.61 Å². The average Bonchev–Trinajstić information content (AvgIpc) is 2.45. The molecule has 0 spiro atoms. The quantitative estimate of drug-likeness (QED) is 0.850. The zero-order valence-corrected chi connectivity index (χ0v) is 13.8. The van der Waals surface area contributed by atoms with E-state index in [-0.39, 0.29) is 23.5 Å². The Balaban J connectivity index is 2.04. The topological polar surface area (TPSA) is 51.2 Å². The van der Waals surface area contributed by atoms with Crippen LogP contribution in [0.15, 0.2) is 12.1 Å². The van der Waals surface area contributed by atoms with E-state index in [2.05, 4.69) is 24.1 Å². The fourth-order valence-electron chi connectivity index (χ4n) is 2.72. The van der Waals surface area contributed by atoms with E-state index in [4.69, 9.17) is 16.3 Å². The van der Waals surface area contributed by atoms with Gasteiger partial charge in [0.2, 0.25) is 0 Å². The van der Waals surface area contributed by atoms with E-state index < -0.39 is 0 Å². The van der Waals surface area contributed by atoms with Gasteiger partial charge in [-0.3, -0.25) is 4.79 Å². The molecule has 21 heavy (non-hydrogen) atoms. The van der Waals surface area contributed by atoms with E-state index in [0.29, 0.717) is 17.3 Å². The maximum Gasteiger partial charge on any atom is 0.251 e. The van der Waals surface area contributed by atoms with Crippen LogP contribution in [-0.4, -0.2) is 29.6 Å². The third kappa shape index (κ3) is 3.38. The second-order valence-corrected chi connectivity index (χ2v) is 6.44. The predicted octanol–water partition coefficient (Wildman–Crippen LogP) is 3.23. The molecular weight excluding hydrogens is 288 g/mol. The molecule has 1 aliphatic carbocycles. The zero-order chi connectivity index (χ0) is 15.6. The molecule has 2 unspecified atom stereocenters. The maximum absolute atomic E-state index is 12.4. The molecule has 1 heterocycles. The summed E-state index contributed by atoms with van der Waals surface area (Å²) < 4.78 is 5.68. The number of aromatic nitrogens is 1. The van der Waals surface area contributed by atoms with Crippen molar-refractivity contribution in [2.24, 2.45) is 5.41 Å². The minimum Gasteiger partial charge on any atom is -0.378 e. The van der Waals surface area contributed by atoms with Crippen LogP contribution in [0.4, 0.5) is 0 Å². The first-order valence-electron chi connectivity index (χ1n) is 7.47. The summed E-state index contributed by atoms with van der Waals surface area (Å²) in [6.07, 6.45) is 1.81. The summed E-state index contributed by atoms with van der Waals surface area (Å²) in [5.74, 6) is -0.0953. The van der Waals surface area contributed by atoms with Gasteiger partial charge in [0.25, 0.3) is 5.91 Å². The Kier molecular flexibility index (Phi) is 4.89. The Morgan fingerprint density at radius 2 is 2.19 bits per heavy atom. The van der Waals surface area contributed by atoms with Gasteiger partial charge in [0.1, 0.15) is 5.15 Å². The molecule has 2 rings (SSSR count). The lowest BCUT2D eigenvalue weighted by atomic mass is 9.64. The molecule has 1 aromatic heterocycles. The number of hydrogen-bond donors (Lipinski definition) is 1. The van der Waals surface area contributed by atoms with Gasteiger partial charge < -0.3 is 10.1 Å². The van der Waals surface area contributed by atoms with Crippen LogP contribution in [0.2, 0.25) is 5.15 Å². The number of nitrogens with zero attached hydrogens (tertiary/aromatic N) is 1. The van der Waals surface area contributed by atoms with Gasteiger partial charge >= 0.3 is 0 Å². The fourth-order valence-corrected chi connectivity index (χ4v) is 2.95. The Morgan fingerprint density at radius 1 is 1.48 bits per heavy atom. The molecule has 0 saturated heterocycles. The minimum absolute atomic E-state index is 0.0456. The van der Waals surface area contributed by atoms with Crippen LogP contribution in [0, 0.1) is 5.41 Å². The van der Waals surface area contributed by atoms with E-state index in [9.17, 15) is 4.79 Å². The van der Waals surface area contributed by atoms with E-state index in [0.717, 1.165) is 18.5 Å². The standard InChI is InChI=1S/C16H23ClN2O2/c1-5-11-7-10(8-14(17)18-11)15(20)19-12-9-13(21-6-2)16(12,3)4/h7-8,12-13H,5-6,9H2,1-4H3,(H,19,20). The molecule has 5 heteroatoms. The van der Waals surface area contributed by atoms with Crippen LogP contribution in [0.25, 0.3) is 0 Å².